The standard InChI is InChI=1S/C6H12N2O2.C2H7P/c7-6(9)8-5-3-1-2-4-10-5;1-2-3/h5H,1-4H2,(H3,7,8,9);2-3H2,1H3. The third-order valence-electron chi connectivity index (χ3n) is 1.48. The van der Waals surface area contributed by atoms with Crippen molar-refractivity contribution >= 4 is 15.3 Å². The van der Waals surface area contributed by atoms with E-state index in [9.17, 15) is 4.79 Å². The number of carbonyl (C=O) groups is 1. The average molecular weight is 206 g/mol. The van der Waals surface area contributed by atoms with E-state index in [-0.39, 0.29) is 6.23 Å². The molecule has 0 aromatic carbocycles. The van der Waals surface area contributed by atoms with Gasteiger partial charge in [-0.2, -0.15) is 0 Å². The minimum atomic E-state index is -0.507. The summed E-state index contributed by atoms with van der Waals surface area (Å²) < 4.78 is 5.18. The minimum absolute atomic E-state index is 0.147. The van der Waals surface area contributed by atoms with Gasteiger partial charge in [-0.05, 0) is 25.4 Å². The molecule has 1 aliphatic rings. The molecule has 0 aliphatic carbocycles. The van der Waals surface area contributed by atoms with Crippen LogP contribution in [-0.2, 0) is 4.74 Å². The highest BCUT2D eigenvalue weighted by Gasteiger charge is 2.13. The predicted molar refractivity (Wildman–Crippen MR) is 56.6 cm³/mol. The number of urea groups is 1. The first-order valence-electron chi connectivity index (χ1n) is 4.58. The van der Waals surface area contributed by atoms with Crippen molar-refractivity contribution in [1.29, 1.82) is 0 Å². The van der Waals surface area contributed by atoms with E-state index >= 15 is 0 Å². The molecule has 1 heterocycles. The number of hydrogen-bond acceptors (Lipinski definition) is 2. The zero-order valence-electron chi connectivity index (χ0n) is 8.08. The third-order valence-corrected chi connectivity index (χ3v) is 1.48. The highest BCUT2D eigenvalue weighted by molar-refractivity contribution is 7.16. The van der Waals surface area contributed by atoms with Gasteiger partial charge in [0.25, 0.3) is 0 Å². The molecule has 1 rings (SSSR count). The van der Waals surface area contributed by atoms with Crippen molar-refractivity contribution in [3.8, 4) is 0 Å². The summed E-state index contributed by atoms with van der Waals surface area (Å²) in [5.41, 5.74) is 4.89. The second kappa shape index (κ2) is 8.27. The molecular weight excluding hydrogens is 187 g/mol. The van der Waals surface area contributed by atoms with Crippen LogP contribution in [0.2, 0.25) is 0 Å². The lowest BCUT2D eigenvalue weighted by atomic mass is 10.2. The second-order valence-corrected chi connectivity index (χ2v) is 3.59. The summed E-state index contributed by atoms with van der Waals surface area (Å²) in [5.74, 6) is 0. The van der Waals surface area contributed by atoms with Gasteiger partial charge in [-0.1, -0.05) is 6.92 Å². The van der Waals surface area contributed by atoms with E-state index in [1.54, 1.807) is 0 Å². The summed E-state index contributed by atoms with van der Waals surface area (Å²) in [4.78, 5) is 10.3. The Bertz CT molecular complexity index is 138. The molecule has 0 aromatic rings. The molecule has 5 heteroatoms. The predicted octanol–water partition coefficient (Wildman–Crippen LogP) is 1.06. The lowest BCUT2D eigenvalue weighted by Crippen LogP contribution is -2.41. The van der Waals surface area contributed by atoms with Crippen LogP contribution in [0.15, 0.2) is 0 Å². The van der Waals surface area contributed by atoms with Crippen LogP contribution in [0.25, 0.3) is 0 Å². The van der Waals surface area contributed by atoms with Gasteiger partial charge in [0.1, 0.15) is 6.23 Å². The number of nitrogens with two attached hydrogens (primary N) is 1. The molecule has 1 fully saturated rings. The molecule has 0 bridgehead atoms. The maximum absolute atomic E-state index is 10.3. The van der Waals surface area contributed by atoms with Gasteiger partial charge in [-0.25, -0.2) is 4.79 Å². The van der Waals surface area contributed by atoms with Crippen LogP contribution in [-0.4, -0.2) is 25.0 Å². The highest BCUT2D eigenvalue weighted by Crippen LogP contribution is 2.09. The van der Waals surface area contributed by atoms with Gasteiger partial charge in [-0.15, -0.1) is 9.24 Å². The number of rotatable bonds is 1. The molecule has 2 atom stereocenters. The zero-order valence-corrected chi connectivity index (χ0v) is 9.24. The van der Waals surface area contributed by atoms with E-state index < -0.39 is 6.03 Å². The summed E-state index contributed by atoms with van der Waals surface area (Å²) in [6, 6.07) is -0.507. The Morgan fingerprint density at radius 2 is 2.31 bits per heavy atom. The van der Waals surface area contributed by atoms with Crippen molar-refractivity contribution in [2.75, 3.05) is 12.8 Å². The fraction of sp³-hybridized carbons (Fsp3) is 0.875. The molecular formula is C8H19N2O2P. The average Bonchev–Trinajstić information content (AvgIpc) is 2.06. The quantitative estimate of drug-likeness (QED) is 0.630. The van der Waals surface area contributed by atoms with Crippen LogP contribution < -0.4 is 11.1 Å². The fourth-order valence-electron chi connectivity index (χ4n) is 1.01. The molecule has 0 radical (unpaired) electrons. The molecule has 4 nitrogen and oxygen atoms in total. The van der Waals surface area contributed by atoms with Gasteiger partial charge in [-0.3, -0.25) is 0 Å². The number of nitrogens with one attached hydrogen (secondary N) is 1. The lowest BCUT2D eigenvalue weighted by Gasteiger charge is -2.22. The van der Waals surface area contributed by atoms with Crippen molar-refractivity contribution in [3.05, 3.63) is 0 Å². The first-order chi connectivity index (χ1) is 6.20. The Labute approximate surface area is 81.8 Å². The smallest absolute Gasteiger partial charge is 0.314 e. The summed E-state index contributed by atoms with van der Waals surface area (Å²) in [5, 5.41) is 2.50. The lowest BCUT2D eigenvalue weighted by molar-refractivity contribution is 0.00307. The Morgan fingerprint density at radius 3 is 2.69 bits per heavy atom. The summed E-state index contributed by atoms with van der Waals surface area (Å²) in [7, 11) is 2.58. The van der Waals surface area contributed by atoms with Crippen LogP contribution in [0.1, 0.15) is 26.2 Å². The van der Waals surface area contributed by atoms with Crippen LogP contribution in [0, 0.1) is 0 Å². The van der Waals surface area contributed by atoms with Crippen molar-refractivity contribution in [2.45, 2.75) is 32.4 Å². The van der Waals surface area contributed by atoms with Crippen molar-refractivity contribution in [1.82, 2.24) is 5.32 Å². The highest BCUT2D eigenvalue weighted by atomic mass is 31.0. The van der Waals surface area contributed by atoms with E-state index in [4.69, 9.17) is 10.5 Å². The molecule has 13 heavy (non-hydrogen) atoms. The van der Waals surface area contributed by atoms with Gasteiger partial charge in [0.2, 0.25) is 0 Å². The van der Waals surface area contributed by atoms with Gasteiger partial charge < -0.3 is 15.8 Å². The zero-order chi connectivity index (χ0) is 10.1. The Morgan fingerprint density at radius 1 is 1.69 bits per heavy atom. The molecule has 3 N–H and O–H groups in total. The van der Waals surface area contributed by atoms with Crippen LogP contribution >= 0.6 is 9.24 Å². The minimum Gasteiger partial charge on any atom is -0.358 e. The monoisotopic (exact) mass is 206 g/mol. The van der Waals surface area contributed by atoms with Crippen LogP contribution in [0.3, 0.4) is 0 Å². The largest absolute Gasteiger partial charge is 0.358 e. The number of carbonyl (C=O) groups excluding carboxylic acids is 1. The maximum atomic E-state index is 10.3. The molecule has 1 aliphatic heterocycles. The number of ether oxygens (including phenoxy) is 1. The fourth-order valence-corrected chi connectivity index (χ4v) is 1.01. The van der Waals surface area contributed by atoms with Crippen molar-refractivity contribution in [3.63, 3.8) is 0 Å². The van der Waals surface area contributed by atoms with Crippen LogP contribution in [0.5, 0.6) is 0 Å². The molecule has 0 aromatic heterocycles. The number of hydrogen-bond donors (Lipinski definition) is 2. The second-order valence-electron chi connectivity index (χ2n) is 2.77. The third kappa shape index (κ3) is 8.00. The number of amides is 2. The summed E-state index contributed by atoms with van der Waals surface area (Å²) in [6.45, 7) is 2.82. The van der Waals surface area contributed by atoms with Gasteiger partial charge in [0.15, 0.2) is 0 Å². The Balaban J connectivity index is 0.000000424. The first kappa shape index (κ1) is 12.7. The molecule has 1 saturated heterocycles. The Hall–Kier alpha value is -0.340. The Kier molecular flexibility index (Phi) is 8.05. The number of primary amides is 1. The normalized spacial score (nSPS) is 21.2. The van der Waals surface area contributed by atoms with Gasteiger partial charge in [0.05, 0.1) is 0 Å². The van der Waals surface area contributed by atoms with Crippen molar-refractivity contribution in [2.24, 2.45) is 5.73 Å². The molecule has 2 unspecified atom stereocenters. The summed E-state index contributed by atoms with van der Waals surface area (Å²) in [6.07, 6.45) is 4.08. The molecule has 0 spiro atoms. The van der Waals surface area contributed by atoms with E-state index in [1.807, 2.05) is 0 Å². The first-order valence-corrected chi connectivity index (χ1v) is 5.40. The SMILES string of the molecule is CCP.NC(=O)NC1CCCCO1. The van der Waals surface area contributed by atoms with Gasteiger partial charge in [0, 0.05) is 6.61 Å². The topological polar surface area (TPSA) is 64.4 Å². The molecule has 78 valence electrons. The van der Waals surface area contributed by atoms with E-state index in [1.165, 1.54) is 6.16 Å². The van der Waals surface area contributed by atoms with E-state index in [0.29, 0.717) is 0 Å². The van der Waals surface area contributed by atoms with E-state index in [0.717, 1.165) is 25.9 Å². The van der Waals surface area contributed by atoms with E-state index in [2.05, 4.69) is 21.5 Å². The van der Waals surface area contributed by atoms with Gasteiger partial charge >= 0.3 is 6.03 Å². The van der Waals surface area contributed by atoms with Crippen molar-refractivity contribution < 1.29 is 9.53 Å². The summed E-state index contributed by atoms with van der Waals surface area (Å²) >= 11 is 0. The van der Waals surface area contributed by atoms with Crippen LogP contribution in [0.4, 0.5) is 4.79 Å². The molecule has 0 saturated carbocycles. The molecule has 2 amide bonds. The maximum Gasteiger partial charge on any atom is 0.314 e.